The van der Waals surface area contributed by atoms with Crippen LogP contribution in [0.3, 0.4) is 0 Å². The van der Waals surface area contributed by atoms with Gasteiger partial charge in [0.05, 0.1) is 16.5 Å². The first-order valence-electron chi connectivity index (χ1n) is 6.22. The van der Waals surface area contributed by atoms with Crippen molar-refractivity contribution >= 4 is 27.4 Å². The number of thiophene rings is 1. The number of nitrogens with two attached hydrogens (primary N) is 1. The Kier molecular flexibility index (Phi) is 6.70. The van der Waals surface area contributed by atoms with Crippen LogP contribution in [0.15, 0.2) is 47.0 Å². The van der Waals surface area contributed by atoms with E-state index in [1.165, 1.54) is 11.3 Å². The first-order chi connectivity index (χ1) is 11.5. The molecule has 0 saturated heterocycles. The molecule has 1 amide bonds. The maximum Gasteiger partial charge on any atom is 0.417 e. The molecule has 0 bridgehead atoms. The van der Waals surface area contributed by atoms with E-state index in [-0.39, 0.29) is 6.07 Å². The number of amides is 1. The Bertz CT molecular complexity index is 846. The molecule has 0 radical (unpaired) electrons. The number of hydrogen-bond donors (Lipinski definition) is 1. The van der Waals surface area contributed by atoms with Crippen molar-refractivity contribution in [3.8, 4) is 5.75 Å². The Labute approximate surface area is 144 Å². The zero-order chi connectivity index (χ0) is 19.3. The third-order valence-corrected chi connectivity index (χ3v) is 3.96. The summed E-state index contributed by atoms with van der Waals surface area (Å²) >= 11 is 1.37. The van der Waals surface area contributed by atoms with E-state index in [0.717, 1.165) is 11.5 Å². The first-order valence-corrected chi connectivity index (χ1v) is 8.63. The third-order valence-electron chi connectivity index (χ3n) is 2.46. The molecule has 0 aliphatic rings. The Morgan fingerprint density at radius 2 is 1.92 bits per heavy atom. The number of alkyl halides is 3. The minimum Gasteiger partial charge on any atom is -0.379 e. The monoisotopic (exact) mass is 397 g/mol. The SMILES string of the molecule is C=CS(=O)(=O)Oc1ccsc1.NC(=O)c1ccc(F)cc1C(F)(F)F. The van der Waals surface area contributed by atoms with Gasteiger partial charge >= 0.3 is 16.3 Å². The second kappa shape index (κ2) is 8.12. The van der Waals surface area contributed by atoms with E-state index in [0.29, 0.717) is 11.8 Å². The zero-order valence-electron chi connectivity index (χ0n) is 12.3. The molecule has 136 valence electrons. The molecule has 0 aliphatic heterocycles. The highest BCUT2D eigenvalue weighted by atomic mass is 32.2. The summed E-state index contributed by atoms with van der Waals surface area (Å²) < 4.78 is 75.1. The van der Waals surface area contributed by atoms with E-state index in [2.05, 4.69) is 10.8 Å². The van der Waals surface area contributed by atoms with Crippen molar-refractivity contribution in [3.63, 3.8) is 0 Å². The van der Waals surface area contributed by atoms with Crippen molar-refractivity contribution in [2.24, 2.45) is 5.73 Å². The summed E-state index contributed by atoms with van der Waals surface area (Å²) in [6.07, 6.45) is -4.79. The van der Waals surface area contributed by atoms with Crippen LogP contribution in [-0.4, -0.2) is 14.3 Å². The summed E-state index contributed by atoms with van der Waals surface area (Å²) in [5.41, 5.74) is 2.61. The summed E-state index contributed by atoms with van der Waals surface area (Å²) in [6, 6.07) is 3.27. The highest BCUT2D eigenvalue weighted by Gasteiger charge is 2.35. The van der Waals surface area contributed by atoms with Crippen LogP contribution in [0.4, 0.5) is 17.6 Å². The van der Waals surface area contributed by atoms with Gasteiger partial charge in [-0.2, -0.15) is 21.6 Å². The topological polar surface area (TPSA) is 86.5 Å². The second-order valence-corrected chi connectivity index (χ2v) is 6.52. The maximum atomic E-state index is 12.5. The number of hydrogen-bond acceptors (Lipinski definition) is 5. The fraction of sp³-hybridized carbons (Fsp3) is 0.0714. The maximum absolute atomic E-state index is 12.5. The fourth-order valence-electron chi connectivity index (χ4n) is 1.43. The van der Waals surface area contributed by atoms with Crippen LogP contribution in [0, 0.1) is 5.82 Å². The number of primary amides is 1. The third kappa shape index (κ3) is 6.55. The van der Waals surface area contributed by atoms with Crippen molar-refractivity contribution in [2.45, 2.75) is 6.18 Å². The van der Waals surface area contributed by atoms with Gasteiger partial charge in [0.1, 0.15) is 5.82 Å². The molecule has 1 aromatic heterocycles. The average molecular weight is 397 g/mol. The van der Waals surface area contributed by atoms with Crippen molar-refractivity contribution in [3.05, 3.63) is 64.0 Å². The standard InChI is InChI=1S/C8H5F4NO.C6H6O3S2/c9-4-1-2-5(7(13)14)6(3-4)8(10,11)12;1-2-11(7,8)9-6-3-4-10-5-6/h1-3H,(H2,13,14);2-5H,1H2. The Morgan fingerprint density at radius 1 is 1.28 bits per heavy atom. The van der Waals surface area contributed by atoms with Crippen LogP contribution in [-0.2, 0) is 16.3 Å². The molecule has 0 atom stereocenters. The van der Waals surface area contributed by atoms with Crippen LogP contribution in [0.25, 0.3) is 0 Å². The lowest BCUT2D eigenvalue weighted by molar-refractivity contribution is -0.138. The summed E-state index contributed by atoms with van der Waals surface area (Å²) in [5, 5.41) is 4.10. The highest BCUT2D eigenvalue weighted by molar-refractivity contribution is 7.90. The molecule has 0 spiro atoms. The van der Waals surface area contributed by atoms with E-state index >= 15 is 0 Å². The van der Waals surface area contributed by atoms with Gasteiger partial charge < -0.3 is 9.92 Å². The average Bonchev–Trinajstić information content (AvgIpc) is 2.99. The van der Waals surface area contributed by atoms with Gasteiger partial charge in [-0.25, -0.2) is 4.39 Å². The smallest absolute Gasteiger partial charge is 0.379 e. The van der Waals surface area contributed by atoms with Crippen molar-refractivity contribution < 1.29 is 35.0 Å². The predicted molar refractivity (Wildman–Crippen MR) is 84.0 cm³/mol. The second-order valence-electron chi connectivity index (χ2n) is 4.25. The molecule has 2 N–H and O–H groups in total. The molecule has 25 heavy (non-hydrogen) atoms. The van der Waals surface area contributed by atoms with Gasteiger partial charge in [-0.05, 0) is 29.6 Å². The minimum absolute atomic E-state index is 0.236. The van der Waals surface area contributed by atoms with E-state index in [1.807, 2.05) is 0 Å². The zero-order valence-corrected chi connectivity index (χ0v) is 13.9. The largest absolute Gasteiger partial charge is 0.417 e. The number of carbonyl (C=O) groups is 1. The lowest BCUT2D eigenvalue weighted by Crippen LogP contribution is -2.18. The summed E-state index contributed by atoms with van der Waals surface area (Å²) in [4.78, 5) is 10.6. The molecular formula is C14H11F4NO4S2. The summed E-state index contributed by atoms with van der Waals surface area (Å²) in [6.45, 7) is 3.10. The molecule has 2 rings (SSSR count). The van der Waals surface area contributed by atoms with Crippen LogP contribution >= 0.6 is 11.3 Å². The molecule has 11 heteroatoms. The number of benzene rings is 1. The van der Waals surface area contributed by atoms with E-state index in [9.17, 15) is 30.8 Å². The molecule has 2 aromatic rings. The number of carbonyl (C=O) groups excluding carboxylic acids is 1. The van der Waals surface area contributed by atoms with Gasteiger partial charge in [0.2, 0.25) is 5.91 Å². The summed E-state index contributed by atoms with van der Waals surface area (Å²) in [7, 11) is -3.57. The summed E-state index contributed by atoms with van der Waals surface area (Å²) in [5.74, 6) is -1.98. The molecule has 0 aliphatic carbocycles. The van der Waals surface area contributed by atoms with Gasteiger partial charge in [0, 0.05) is 5.38 Å². The highest BCUT2D eigenvalue weighted by Crippen LogP contribution is 2.32. The molecule has 0 unspecified atom stereocenters. The van der Waals surface area contributed by atoms with Crippen LogP contribution < -0.4 is 9.92 Å². The van der Waals surface area contributed by atoms with Gasteiger partial charge in [0.15, 0.2) is 5.75 Å². The van der Waals surface area contributed by atoms with Crippen LogP contribution in [0.2, 0.25) is 0 Å². The van der Waals surface area contributed by atoms with Gasteiger partial charge in [-0.1, -0.05) is 6.58 Å². The van der Waals surface area contributed by atoms with Gasteiger partial charge in [-0.15, -0.1) is 11.3 Å². The first kappa shape index (κ1) is 20.6. The van der Waals surface area contributed by atoms with Crippen LogP contribution in [0.5, 0.6) is 5.75 Å². The van der Waals surface area contributed by atoms with E-state index < -0.39 is 39.1 Å². The van der Waals surface area contributed by atoms with Crippen molar-refractivity contribution in [1.82, 2.24) is 0 Å². The number of rotatable bonds is 4. The molecule has 1 heterocycles. The quantitative estimate of drug-likeness (QED) is 0.632. The fourth-order valence-corrected chi connectivity index (χ4v) is 2.49. The Morgan fingerprint density at radius 3 is 2.36 bits per heavy atom. The molecule has 0 fully saturated rings. The molecular weight excluding hydrogens is 386 g/mol. The number of halogens is 4. The Balaban J connectivity index is 0.000000257. The molecule has 1 aromatic carbocycles. The lowest BCUT2D eigenvalue weighted by atomic mass is 10.1. The van der Waals surface area contributed by atoms with Gasteiger partial charge in [-0.3, -0.25) is 4.79 Å². The van der Waals surface area contributed by atoms with Crippen molar-refractivity contribution in [1.29, 1.82) is 0 Å². The molecule has 0 saturated carbocycles. The lowest BCUT2D eigenvalue weighted by Gasteiger charge is -2.09. The minimum atomic E-state index is -4.79. The van der Waals surface area contributed by atoms with E-state index in [1.54, 1.807) is 16.8 Å². The normalized spacial score (nSPS) is 11.2. The Hall–Kier alpha value is -2.40. The predicted octanol–water partition coefficient (Wildman–Crippen LogP) is 3.54. The van der Waals surface area contributed by atoms with Crippen molar-refractivity contribution in [2.75, 3.05) is 0 Å². The van der Waals surface area contributed by atoms with E-state index in [4.69, 9.17) is 5.73 Å². The van der Waals surface area contributed by atoms with Gasteiger partial charge in [0.25, 0.3) is 0 Å². The molecule has 5 nitrogen and oxygen atoms in total. The van der Waals surface area contributed by atoms with Crippen LogP contribution in [0.1, 0.15) is 15.9 Å².